The minimum Gasteiger partial charge on any atom is -0.350 e. The Morgan fingerprint density at radius 2 is 1.88 bits per heavy atom. The predicted molar refractivity (Wildman–Crippen MR) is 96.2 cm³/mol. The minimum absolute atomic E-state index is 0.0120. The van der Waals surface area contributed by atoms with Crippen LogP contribution in [0.3, 0.4) is 0 Å². The summed E-state index contributed by atoms with van der Waals surface area (Å²) >= 11 is 1.54. The number of rotatable bonds is 4. The van der Waals surface area contributed by atoms with Crippen molar-refractivity contribution in [1.82, 2.24) is 5.32 Å². The molecule has 1 aliphatic carbocycles. The Bertz CT molecular complexity index is 909. The third-order valence-corrected chi connectivity index (χ3v) is 6.22. The molecule has 2 aromatic carbocycles. The Labute approximate surface area is 144 Å². The van der Waals surface area contributed by atoms with Gasteiger partial charge < -0.3 is 5.32 Å². The standard InChI is InChI=1S/C20H18FNOS/c1-13-16-4-2-3-5-17(16)24-18(13)19(23)22-12-20(10-11-20)14-6-8-15(21)9-7-14/h2-9H,10-12H2,1H3,(H,22,23). The van der Waals surface area contributed by atoms with E-state index in [0.717, 1.165) is 38.9 Å². The molecule has 0 saturated heterocycles. The summed E-state index contributed by atoms with van der Waals surface area (Å²) < 4.78 is 14.2. The average molecular weight is 339 g/mol. The number of nitrogens with one attached hydrogen (secondary N) is 1. The SMILES string of the molecule is Cc1c(C(=O)NCC2(c3ccc(F)cc3)CC2)sc2ccccc12. The van der Waals surface area contributed by atoms with E-state index in [1.807, 2.05) is 37.3 Å². The number of thiophene rings is 1. The molecule has 1 N–H and O–H groups in total. The Kier molecular flexibility index (Phi) is 3.65. The van der Waals surface area contributed by atoms with E-state index in [0.29, 0.717) is 6.54 Å². The van der Waals surface area contributed by atoms with Gasteiger partial charge in [-0.05, 0) is 54.5 Å². The van der Waals surface area contributed by atoms with Crippen molar-refractivity contribution in [3.05, 3.63) is 70.4 Å². The van der Waals surface area contributed by atoms with Gasteiger partial charge >= 0.3 is 0 Å². The molecule has 1 aliphatic rings. The summed E-state index contributed by atoms with van der Waals surface area (Å²) in [6.45, 7) is 2.60. The van der Waals surface area contributed by atoms with Crippen molar-refractivity contribution < 1.29 is 9.18 Å². The van der Waals surface area contributed by atoms with Crippen LogP contribution in [-0.4, -0.2) is 12.5 Å². The van der Waals surface area contributed by atoms with Crippen molar-refractivity contribution in [3.63, 3.8) is 0 Å². The Morgan fingerprint density at radius 1 is 1.17 bits per heavy atom. The van der Waals surface area contributed by atoms with Crippen molar-refractivity contribution >= 4 is 27.3 Å². The van der Waals surface area contributed by atoms with Gasteiger partial charge in [-0.25, -0.2) is 4.39 Å². The molecule has 0 atom stereocenters. The molecule has 1 amide bonds. The number of carbonyl (C=O) groups excluding carboxylic acids is 1. The third-order valence-electron chi connectivity index (χ3n) is 4.95. The summed E-state index contributed by atoms with van der Waals surface area (Å²) in [5.74, 6) is -0.235. The van der Waals surface area contributed by atoms with E-state index in [2.05, 4.69) is 11.4 Å². The van der Waals surface area contributed by atoms with Gasteiger partial charge in [0.1, 0.15) is 5.82 Å². The fourth-order valence-electron chi connectivity index (χ4n) is 3.24. The van der Waals surface area contributed by atoms with Gasteiger partial charge in [0, 0.05) is 16.7 Å². The van der Waals surface area contributed by atoms with Gasteiger partial charge in [-0.15, -0.1) is 11.3 Å². The van der Waals surface area contributed by atoms with E-state index in [1.165, 1.54) is 23.5 Å². The van der Waals surface area contributed by atoms with Gasteiger partial charge in [-0.3, -0.25) is 4.79 Å². The number of fused-ring (bicyclic) bond motifs is 1. The van der Waals surface area contributed by atoms with Crippen LogP contribution in [0.1, 0.15) is 33.6 Å². The van der Waals surface area contributed by atoms with Crippen LogP contribution in [0.5, 0.6) is 0 Å². The van der Waals surface area contributed by atoms with Crippen LogP contribution in [-0.2, 0) is 5.41 Å². The molecule has 24 heavy (non-hydrogen) atoms. The van der Waals surface area contributed by atoms with Crippen LogP contribution in [0.25, 0.3) is 10.1 Å². The van der Waals surface area contributed by atoms with Crippen LogP contribution in [0.4, 0.5) is 4.39 Å². The Balaban J connectivity index is 1.52. The molecule has 0 unspecified atom stereocenters. The number of amides is 1. The van der Waals surface area contributed by atoms with Gasteiger partial charge in [0.05, 0.1) is 4.88 Å². The summed E-state index contributed by atoms with van der Waals surface area (Å²) in [4.78, 5) is 13.4. The molecule has 0 radical (unpaired) electrons. The first kappa shape index (κ1) is 15.3. The van der Waals surface area contributed by atoms with Crippen molar-refractivity contribution in [3.8, 4) is 0 Å². The molecular weight excluding hydrogens is 321 g/mol. The molecule has 2 nitrogen and oxygen atoms in total. The zero-order valence-electron chi connectivity index (χ0n) is 13.4. The monoisotopic (exact) mass is 339 g/mol. The van der Waals surface area contributed by atoms with Crippen LogP contribution in [0.2, 0.25) is 0 Å². The first-order chi connectivity index (χ1) is 11.6. The lowest BCUT2D eigenvalue weighted by Gasteiger charge is -2.16. The van der Waals surface area contributed by atoms with Crippen molar-refractivity contribution in [2.75, 3.05) is 6.54 Å². The van der Waals surface area contributed by atoms with Gasteiger partial charge in [-0.1, -0.05) is 30.3 Å². The zero-order valence-corrected chi connectivity index (χ0v) is 14.3. The lowest BCUT2D eigenvalue weighted by atomic mass is 9.96. The molecule has 4 heteroatoms. The normalized spacial score (nSPS) is 15.4. The molecule has 1 saturated carbocycles. The maximum absolute atomic E-state index is 13.1. The summed E-state index contributed by atoms with van der Waals surface area (Å²) in [6, 6.07) is 14.7. The van der Waals surface area contributed by atoms with E-state index in [1.54, 1.807) is 0 Å². The van der Waals surface area contributed by atoms with E-state index >= 15 is 0 Å². The van der Waals surface area contributed by atoms with Crippen LogP contribution >= 0.6 is 11.3 Å². The van der Waals surface area contributed by atoms with Gasteiger partial charge in [0.25, 0.3) is 5.91 Å². The highest BCUT2D eigenvalue weighted by Crippen LogP contribution is 2.47. The number of halogens is 1. The van der Waals surface area contributed by atoms with Crippen LogP contribution in [0, 0.1) is 12.7 Å². The molecule has 0 spiro atoms. The molecule has 0 aliphatic heterocycles. The maximum atomic E-state index is 13.1. The lowest BCUT2D eigenvalue weighted by molar-refractivity contribution is 0.0953. The third kappa shape index (κ3) is 2.61. The van der Waals surface area contributed by atoms with E-state index in [4.69, 9.17) is 0 Å². The molecule has 1 fully saturated rings. The first-order valence-corrected chi connectivity index (χ1v) is 8.93. The van der Waals surface area contributed by atoms with Crippen LogP contribution in [0.15, 0.2) is 48.5 Å². The predicted octanol–water partition coefficient (Wildman–Crippen LogP) is 4.81. The number of aryl methyl sites for hydroxylation is 1. The number of hydrogen-bond acceptors (Lipinski definition) is 2. The van der Waals surface area contributed by atoms with E-state index in [-0.39, 0.29) is 17.1 Å². The first-order valence-electron chi connectivity index (χ1n) is 8.11. The maximum Gasteiger partial charge on any atom is 0.261 e. The van der Waals surface area contributed by atoms with E-state index < -0.39 is 0 Å². The van der Waals surface area contributed by atoms with Crippen molar-refractivity contribution in [2.24, 2.45) is 0 Å². The van der Waals surface area contributed by atoms with Crippen molar-refractivity contribution in [2.45, 2.75) is 25.2 Å². The smallest absolute Gasteiger partial charge is 0.261 e. The number of carbonyl (C=O) groups is 1. The lowest BCUT2D eigenvalue weighted by Crippen LogP contribution is -2.32. The van der Waals surface area contributed by atoms with Gasteiger partial charge in [0.2, 0.25) is 0 Å². The number of hydrogen-bond donors (Lipinski definition) is 1. The van der Waals surface area contributed by atoms with Gasteiger partial charge in [-0.2, -0.15) is 0 Å². The fraction of sp³-hybridized carbons (Fsp3) is 0.250. The second-order valence-electron chi connectivity index (χ2n) is 6.52. The highest BCUT2D eigenvalue weighted by atomic mass is 32.1. The number of benzene rings is 2. The van der Waals surface area contributed by atoms with Crippen LogP contribution < -0.4 is 5.32 Å². The second kappa shape index (κ2) is 5.71. The summed E-state index contributed by atoms with van der Waals surface area (Å²) in [5.41, 5.74) is 2.13. The quantitative estimate of drug-likeness (QED) is 0.726. The fourth-order valence-corrected chi connectivity index (χ4v) is 4.37. The zero-order chi connectivity index (χ0) is 16.7. The molecule has 1 aromatic heterocycles. The highest BCUT2D eigenvalue weighted by Gasteiger charge is 2.44. The molecule has 3 aromatic rings. The largest absolute Gasteiger partial charge is 0.350 e. The van der Waals surface area contributed by atoms with Crippen molar-refractivity contribution in [1.29, 1.82) is 0 Å². The Morgan fingerprint density at radius 3 is 2.54 bits per heavy atom. The Hall–Kier alpha value is -2.20. The average Bonchev–Trinajstić information content (AvgIpc) is 3.32. The topological polar surface area (TPSA) is 29.1 Å². The molecule has 4 rings (SSSR count). The highest BCUT2D eigenvalue weighted by molar-refractivity contribution is 7.21. The second-order valence-corrected chi connectivity index (χ2v) is 7.57. The molecule has 0 bridgehead atoms. The molecule has 122 valence electrons. The summed E-state index contributed by atoms with van der Waals surface area (Å²) in [7, 11) is 0. The van der Waals surface area contributed by atoms with E-state index in [9.17, 15) is 9.18 Å². The minimum atomic E-state index is -0.223. The van der Waals surface area contributed by atoms with Gasteiger partial charge in [0.15, 0.2) is 0 Å². The summed E-state index contributed by atoms with van der Waals surface area (Å²) in [5, 5.41) is 4.24. The molecule has 1 heterocycles. The summed E-state index contributed by atoms with van der Waals surface area (Å²) in [6.07, 6.45) is 2.06. The molecular formula is C20H18FNOS.